The molecule has 160 valence electrons. The first-order chi connectivity index (χ1) is 13.6. The van der Waals surface area contributed by atoms with Gasteiger partial charge in [-0.3, -0.25) is 0 Å². The third-order valence-electron chi connectivity index (χ3n) is 4.86. The molecular formula is C19H29ClIN7O. The fourth-order valence-corrected chi connectivity index (χ4v) is 3.33. The lowest BCUT2D eigenvalue weighted by Crippen LogP contribution is -2.45. The number of benzene rings is 1. The maximum atomic E-state index is 6.13. The molecule has 10 heteroatoms. The lowest BCUT2D eigenvalue weighted by molar-refractivity contribution is 0.203. The molecule has 1 saturated heterocycles. The van der Waals surface area contributed by atoms with E-state index >= 15 is 0 Å². The number of ether oxygens (including phenoxy) is 1. The molecule has 2 heterocycles. The molecule has 2 aromatic rings. The van der Waals surface area contributed by atoms with Crippen LogP contribution in [-0.4, -0.2) is 60.1 Å². The van der Waals surface area contributed by atoms with Crippen LogP contribution in [0.1, 0.15) is 18.1 Å². The Morgan fingerprint density at radius 3 is 2.90 bits per heavy atom. The van der Waals surface area contributed by atoms with Crippen molar-refractivity contribution in [2.45, 2.75) is 25.9 Å². The highest BCUT2D eigenvalue weighted by Crippen LogP contribution is 2.23. The van der Waals surface area contributed by atoms with Crippen molar-refractivity contribution in [1.29, 1.82) is 0 Å². The van der Waals surface area contributed by atoms with Crippen molar-refractivity contribution in [3.05, 3.63) is 40.9 Å². The van der Waals surface area contributed by atoms with E-state index in [-0.39, 0.29) is 24.0 Å². The molecule has 1 fully saturated rings. The Balaban J connectivity index is 0.00000300. The summed E-state index contributed by atoms with van der Waals surface area (Å²) in [5.74, 6) is 2.47. The Morgan fingerprint density at radius 2 is 2.21 bits per heavy atom. The molecule has 2 N–H and O–H groups in total. The van der Waals surface area contributed by atoms with Gasteiger partial charge >= 0.3 is 0 Å². The molecule has 1 aliphatic rings. The molecule has 3 rings (SSSR count). The van der Waals surface area contributed by atoms with E-state index in [0.29, 0.717) is 25.7 Å². The standard InChI is InChI=1S/C19H28ClN7O.HI/c1-14-24-25-18(26(14)2)12-22-19(21-8-10-28-3)23-16-7-9-27(13-16)17-6-4-5-15(20)11-17;/h4-6,11,16H,7-10,12-13H2,1-3H3,(H2,21,22,23);1H. The molecule has 29 heavy (non-hydrogen) atoms. The highest BCUT2D eigenvalue weighted by molar-refractivity contribution is 14.0. The zero-order valence-corrected chi connectivity index (χ0v) is 20.1. The first-order valence-corrected chi connectivity index (χ1v) is 9.84. The molecule has 1 atom stereocenters. The molecule has 0 bridgehead atoms. The summed E-state index contributed by atoms with van der Waals surface area (Å²) in [7, 11) is 3.64. The molecule has 1 aromatic heterocycles. The van der Waals surface area contributed by atoms with Crippen LogP contribution in [0.2, 0.25) is 5.02 Å². The second kappa shape index (κ2) is 11.6. The average molecular weight is 534 g/mol. The number of rotatable bonds is 7. The maximum Gasteiger partial charge on any atom is 0.192 e. The molecule has 0 amide bonds. The number of nitrogens with zero attached hydrogens (tertiary/aromatic N) is 5. The van der Waals surface area contributed by atoms with Crippen molar-refractivity contribution in [3.63, 3.8) is 0 Å². The quantitative estimate of drug-likeness (QED) is 0.246. The van der Waals surface area contributed by atoms with Crippen molar-refractivity contribution in [1.82, 2.24) is 25.4 Å². The normalized spacial score (nSPS) is 16.6. The van der Waals surface area contributed by atoms with Crippen molar-refractivity contribution >= 4 is 47.2 Å². The molecule has 1 aliphatic heterocycles. The summed E-state index contributed by atoms with van der Waals surface area (Å²) < 4.78 is 7.09. The minimum atomic E-state index is 0. The van der Waals surface area contributed by atoms with Crippen LogP contribution >= 0.6 is 35.6 Å². The molecule has 0 spiro atoms. The number of aliphatic imine (C=N–C) groups is 1. The Morgan fingerprint density at radius 1 is 1.38 bits per heavy atom. The second-order valence-corrected chi connectivity index (χ2v) is 7.30. The molecule has 0 saturated carbocycles. The van der Waals surface area contributed by atoms with E-state index in [1.54, 1.807) is 7.11 Å². The lowest BCUT2D eigenvalue weighted by atomic mass is 10.2. The van der Waals surface area contributed by atoms with Crippen molar-refractivity contribution < 1.29 is 4.74 Å². The van der Waals surface area contributed by atoms with Gasteiger partial charge in [0, 0.05) is 50.5 Å². The summed E-state index contributed by atoms with van der Waals surface area (Å²) in [6, 6.07) is 8.28. The van der Waals surface area contributed by atoms with Gasteiger partial charge in [-0.15, -0.1) is 34.2 Å². The Bertz CT molecular complexity index is 814. The highest BCUT2D eigenvalue weighted by atomic mass is 127. The van der Waals surface area contributed by atoms with Crippen LogP contribution in [0.15, 0.2) is 29.3 Å². The van der Waals surface area contributed by atoms with E-state index in [1.807, 2.05) is 36.7 Å². The summed E-state index contributed by atoms with van der Waals surface area (Å²) in [4.78, 5) is 7.03. The van der Waals surface area contributed by atoms with Gasteiger partial charge in [-0.2, -0.15) is 0 Å². The second-order valence-electron chi connectivity index (χ2n) is 6.86. The monoisotopic (exact) mass is 533 g/mol. The van der Waals surface area contributed by atoms with Gasteiger partial charge in [0.05, 0.1) is 6.61 Å². The van der Waals surface area contributed by atoms with E-state index in [1.165, 1.54) is 0 Å². The van der Waals surface area contributed by atoms with E-state index < -0.39 is 0 Å². The van der Waals surface area contributed by atoms with E-state index in [4.69, 9.17) is 21.3 Å². The minimum absolute atomic E-state index is 0. The van der Waals surface area contributed by atoms with Crippen LogP contribution in [0, 0.1) is 6.92 Å². The number of hydrogen-bond acceptors (Lipinski definition) is 5. The van der Waals surface area contributed by atoms with Gasteiger partial charge in [0.15, 0.2) is 11.8 Å². The van der Waals surface area contributed by atoms with Crippen molar-refractivity contribution in [2.24, 2.45) is 12.0 Å². The maximum absolute atomic E-state index is 6.13. The SMILES string of the molecule is COCCNC(=NCc1nnc(C)n1C)NC1CCN(c2cccc(Cl)c2)C1.I. The lowest BCUT2D eigenvalue weighted by Gasteiger charge is -2.20. The van der Waals surface area contributed by atoms with Gasteiger partial charge in [-0.25, -0.2) is 4.99 Å². The Hall–Kier alpha value is -1.59. The summed E-state index contributed by atoms with van der Waals surface area (Å²) >= 11 is 6.13. The van der Waals surface area contributed by atoms with Gasteiger partial charge in [0.1, 0.15) is 12.4 Å². The number of hydrogen-bond donors (Lipinski definition) is 2. The van der Waals surface area contributed by atoms with Gasteiger partial charge in [0.25, 0.3) is 0 Å². The minimum Gasteiger partial charge on any atom is -0.383 e. The van der Waals surface area contributed by atoms with Gasteiger partial charge < -0.3 is 24.8 Å². The third kappa shape index (κ3) is 6.71. The van der Waals surface area contributed by atoms with Crippen molar-refractivity contribution in [3.8, 4) is 0 Å². The number of nitrogens with one attached hydrogen (secondary N) is 2. The third-order valence-corrected chi connectivity index (χ3v) is 5.10. The zero-order chi connectivity index (χ0) is 19.9. The zero-order valence-electron chi connectivity index (χ0n) is 17.1. The number of guanidine groups is 1. The average Bonchev–Trinajstić information content (AvgIpc) is 3.27. The summed E-state index contributed by atoms with van der Waals surface area (Å²) in [5.41, 5.74) is 1.15. The number of aryl methyl sites for hydroxylation is 1. The first-order valence-electron chi connectivity index (χ1n) is 9.46. The first kappa shape index (κ1) is 23.7. The Kier molecular flexibility index (Phi) is 9.44. The molecule has 0 aliphatic carbocycles. The van der Waals surface area contributed by atoms with Crippen molar-refractivity contribution in [2.75, 3.05) is 38.3 Å². The molecule has 1 aromatic carbocycles. The Labute approximate surface area is 194 Å². The topological polar surface area (TPSA) is 79.6 Å². The fraction of sp³-hybridized carbons (Fsp3) is 0.526. The number of methoxy groups -OCH3 is 1. The summed E-state index contributed by atoms with van der Waals surface area (Å²) in [5, 5.41) is 15.9. The molecule has 8 nitrogen and oxygen atoms in total. The largest absolute Gasteiger partial charge is 0.383 e. The van der Waals surface area contributed by atoms with E-state index in [2.05, 4.69) is 31.8 Å². The van der Waals surface area contributed by atoms with Gasteiger partial charge in [0.2, 0.25) is 0 Å². The molecule has 1 unspecified atom stereocenters. The van der Waals surface area contributed by atoms with E-state index in [0.717, 1.165) is 47.8 Å². The van der Waals surface area contributed by atoms with Crippen LogP contribution in [0.3, 0.4) is 0 Å². The number of aromatic nitrogens is 3. The number of anilines is 1. The number of halogens is 2. The van der Waals surface area contributed by atoms with Crippen LogP contribution in [0.5, 0.6) is 0 Å². The predicted molar refractivity (Wildman–Crippen MR) is 127 cm³/mol. The van der Waals surface area contributed by atoms with Crippen LogP contribution in [-0.2, 0) is 18.3 Å². The summed E-state index contributed by atoms with van der Waals surface area (Å²) in [6.45, 7) is 5.57. The van der Waals surface area contributed by atoms with Crippen LogP contribution < -0.4 is 15.5 Å². The van der Waals surface area contributed by atoms with Crippen LogP contribution in [0.4, 0.5) is 5.69 Å². The highest BCUT2D eigenvalue weighted by Gasteiger charge is 2.23. The van der Waals surface area contributed by atoms with Crippen LogP contribution in [0.25, 0.3) is 0 Å². The fourth-order valence-electron chi connectivity index (χ4n) is 3.14. The van der Waals surface area contributed by atoms with Gasteiger partial charge in [-0.1, -0.05) is 17.7 Å². The predicted octanol–water partition coefficient (Wildman–Crippen LogP) is 2.36. The van der Waals surface area contributed by atoms with Gasteiger partial charge in [-0.05, 0) is 31.5 Å². The molecular weight excluding hydrogens is 505 g/mol. The smallest absolute Gasteiger partial charge is 0.192 e. The van der Waals surface area contributed by atoms with E-state index in [9.17, 15) is 0 Å². The summed E-state index contributed by atoms with van der Waals surface area (Å²) in [6.07, 6.45) is 1.03. The molecule has 0 radical (unpaired) electrons.